The molecule has 0 bridgehead atoms. The van der Waals surface area contributed by atoms with Crippen LogP contribution in [0, 0.1) is 5.82 Å². The minimum atomic E-state index is -0.361. The zero-order chi connectivity index (χ0) is 11.1. The number of hydrogen-bond acceptors (Lipinski definition) is 3. The fourth-order valence-electron chi connectivity index (χ4n) is 1.43. The van der Waals surface area contributed by atoms with Crippen LogP contribution >= 0.6 is 15.9 Å². The molecule has 1 aliphatic carbocycles. The van der Waals surface area contributed by atoms with Crippen LogP contribution in [-0.4, -0.2) is 17.3 Å². The zero-order valence-corrected chi connectivity index (χ0v) is 9.64. The van der Waals surface area contributed by atoms with Crippen molar-refractivity contribution < 1.29 is 9.50 Å². The van der Waals surface area contributed by atoms with E-state index in [0.29, 0.717) is 15.8 Å². The quantitative estimate of drug-likeness (QED) is 0.740. The van der Waals surface area contributed by atoms with Gasteiger partial charge in [-0.15, -0.1) is 0 Å². The average molecular weight is 275 g/mol. The van der Waals surface area contributed by atoms with E-state index in [-0.39, 0.29) is 18.0 Å². The highest BCUT2D eigenvalue weighted by atomic mass is 79.9. The second-order valence-electron chi connectivity index (χ2n) is 3.92. The number of aliphatic hydroxyl groups excluding tert-OH is 1. The Morgan fingerprint density at radius 2 is 2.20 bits per heavy atom. The van der Waals surface area contributed by atoms with Crippen LogP contribution in [0.5, 0.6) is 0 Å². The Bertz CT molecular complexity index is 393. The molecule has 0 amide bonds. The van der Waals surface area contributed by atoms with Crippen molar-refractivity contribution in [3.8, 4) is 0 Å². The second kappa shape index (κ2) is 3.64. The summed E-state index contributed by atoms with van der Waals surface area (Å²) in [6.07, 6.45) is 1.78. The van der Waals surface area contributed by atoms with E-state index in [1.165, 1.54) is 12.1 Å². The van der Waals surface area contributed by atoms with Gasteiger partial charge in [-0.2, -0.15) is 0 Å². The van der Waals surface area contributed by atoms with Crippen molar-refractivity contribution in [1.29, 1.82) is 0 Å². The first-order chi connectivity index (χ1) is 7.06. The van der Waals surface area contributed by atoms with E-state index in [1.807, 2.05) is 0 Å². The third kappa shape index (κ3) is 2.08. The molecule has 0 aliphatic heterocycles. The van der Waals surface area contributed by atoms with Crippen LogP contribution in [0.2, 0.25) is 0 Å². The van der Waals surface area contributed by atoms with Crippen LogP contribution in [0.4, 0.5) is 15.8 Å². The molecule has 82 valence electrons. The summed E-state index contributed by atoms with van der Waals surface area (Å²) in [5.74, 6) is -0.361. The first-order valence-electron chi connectivity index (χ1n) is 4.70. The number of halogens is 2. The van der Waals surface area contributed by atoms with Crippen LogP contribution in [-0.2, 0) is 0 Å². The van der Waals surface area contributed by atoms with Crippen molar-refractivity contribution in [2.45, 2.75) is 18.4 Å². The molecule has 1 aliphatic rings. The summed E-state index contributed by atoms with van der Waals surface area (Å²) in [6.45, 7) is 0.0458. The molecule has 1 aromatic rings. The summed E-state index contributed by atoms with van der Waals surface area (Å²) in [5.41, 5.74) is 6.47. The molecule has 0 saturated heterocycles. The van der Waals surface area contributed by atoms with Gasteiger partial charge in [0.1, 0.15) is 5.82 Å². The van der Waals surface area contributed by atoms with Crippen LogP contribution in [0.1, 0.15) is 12.8 Å². The lowest BCUT2D eigenvalue weighted by Crippen LogP contribution is -2.26. The van der Waals surface area contributed by atoms with Crippen molar-refractivity contribution in [2.75, 3.05) is 17.7 Å². The highest BCUT2D eigenvalue weighted by Crippen LogP contribution is 2.40. The number of anilines is 2. The summed E-state index contributed by atoms with van der Waals surface area (Å²) >= 11 is 3.06. The predicted molar refractivity (Wildman–Crippen MR) is 61.2 cm³/mol. The van der Waals surface area contributed by atoms with E-state index in [0.717, 1.165) is 12.8 Å². The standard InChI is InChI=1S/C10H12BrFN2O/c11-6-3-8(13)9(4-7(6)12)14-10(5-15)1-2-10/h3-4,14-15H,1-2,5,13H2. The van der Waals surface area contributed by atoms with Gasteiger partial charge >= 0.3 is 0 Å². The fourth-order valence-corrected chi connectivity index (χ4v) is 1.79. The van der Waals surface area contributed by atoms with Gasteiger partial charge in [-0.25, -0.2) is 4.39 Å². The van der Waals surface area contributed by atoms with Gasteiger partial charge in [0.05, 0.1) is 28.0 Å². The molecule has 4 N–H and O–H groups in total. The third-order valence-electron chi connectivity index (χ3n) is 2.65. The summed E-state index contributed by atoms with van der Waals surface area (Å²) in [7, 11) is 0. The molecule has 0 heterocycles. The van der Waals surface area contributed by atoms with E-state index in [4.69, 9.17) is 10.8 Å². The van der Waals surface area contributed by atoms with Gasteiger partial charge < -0.3 is 16.2 Å². The van der Waals surface area contributed by atoms with Gasteiger partial charge in [0.2, 0.25) is 0 Å². The minimum Gasteiger partial charge on any atom is -0.397 e. The van der Waals surface area contributed by atoms with Gasteiger partial charge in [-0.05, 0) is 34.8 Å². The molecular formula is C10H12BrFN2O. The normalized spacial score (nSPS) is 17.5. The molecule has 1 aromatic carbocycles. The largest absolute Gasteiger partial charge is 0.397 e. The molecule has 1 fully saturated rings. The fraction of sp³-hybridized carbons (Fsp3) is 0.400. The van der Waals surface area contributed by atoms with E-state index < -0.39 is 0 Å². The van der Waals surface area contributed by atoms with Gasteiger partial charge in [0.15, 0.2) is 0 Å². The molecule has 2 rings (SSSR count). The molecule has 0 atom stereocenters. The summed E-state index contributed by atoms with van der Waals surface area (Å²) in [4.78, 5) is 0. The van der Waals surface area contributed by atoms with E-state index >= 15 is 0 Å². The van der Waals surface area contributed by atoms with Crippen LogP contribution in [0.25, 0.3) is 0 Å². The Kier molecular flexibility index (Phi) is 2.60. The molecule has 0 unspecified atom stereocenters. The number of rotatable bonds is 3. The molecule has 15 heavy (non-hydrogen) atoms. The molecular weight excluding hydrogens is 263 g/mol. The second-order valence-corrected chi connectivity index (χ2v) is 4.77. The Hall–Kier alpha value is -0.810. The van der Waals surface area contributed by atoms with Gasteiger partial charge in [0, 0.05) is 6.07 Å². The van der Waals surface area contributed by atoms with E-state index in [2.05, 4.69) is 21.2 Å². The first kappa shape index (κ1) is 10.7. The maximum atomic E-state index is 13.3. The van der Waals surface area contributed by atoms with Crippen molar-refractivity contribution >= 4 is 27.3 Å². The SMILES string of the molecule is Nc1cc(Br)c(F)cc1NC1(CO)CC1. The molecule has 1 saturated carbocycles. The number of hydrogen-bond donors (Lipinski definition) is 3. The lowest BCUT2D eigenvalue weighted by Gasteiger charge is -2.17. The third-order valence-corrected chi connectivity index (χ3v) is 3.26. The number of benzene rings is 1. The maximum absolute atomic E-state index is 13.3. The van der Waals surface area contributed by atoms with E-state index in [9.17, 15) is 4.39 Å². The molecule has 0 spiro atoms. The topological polar surface area (TPSA) is 58.3 Å². The summed E-state index contributed by atoms with van der Waals surface area (Å²) < 4.78 is 13.6. The highest BCUT2D eigenvalue weighted by molar-refractivity contribution is 9.10. The van der Waals surface area contributed by atoms with Crippen LogP contribution < -0.4 is 11.1 Å². The molecule has 0 radical (unpaired) electrons. The Morgan fingerprint density at radius 3 is 2.73 bits per heavy atom. The number of nitrogens with two attached hydrogens (primary N) is 1. The Morgan fingerprint density at radius 1 is 1.53 bits per heavy atom. The van der Waals surface area contributed by atoms with Gasteiger partial charge in [0.25, 0.3) is 0 Å². The molecule has 5 heteroatoms. The molecule has 0 aromatic heterocycles. The first-order valence-corrected chi connectivity index (χ1v) is 5.49. The van der Waals surface area contributed by atoms with E-state index in [1.54, 1.807) is 0 Å². The van der Waals surface area contributed by atoms with Crippen LogP contribution in [0.15, 0.2) is 16.6 Å². The Balaban J connectivity index is 2.25. The highest BCUT2D eigenvalue weighted by Gasteiger charge is 2.42. The lowest BCUT2D eigenvalue weighted by atomic mass is 10.2. The summed E-state index contributed by atoms with van der Waals surface area (Å²) in [5, 5.41) is 12.2. The monoisotopic (exact) mass is 274 g/mol. The van der Waals surface area contributed by atoms with Crippen molar-refractivity contribution in [3.05, 3.63) is 22.4 Å². The lowest BCUT2D eigenvalue weighted by molar-refractivity contribution is 0.266. The number of aliphatic hydroxyl groups is 1. The number of nitrogen functional groups attached to an aromatic ring is 1. The number of nitrogens with one attached hydrogen (secondary N) is 1. The summed E-state index contributed by atoms with van der Waals surface area (Å²) in [6, 6.07) is 2.86. The van der Waals surface area contributed by atoms with Crippen molar-refractivity contribution in [2.24, 2.45) is 0 Å². The van der Waals surface area contributed by atoms with Crippen molar-refractivity contribution in [3.63, 3.8) is 0 Å². The maximum Gasteiger partial charge on any atom is 0.139 e. The predicted octanol–water partition coefficient (Wildman–Crippen LogP) is 2.11. The van der Waals surface area contributed by atoms with Gasteiger partial charge in [-0.1, -0.05) is 0 Å². The van der Waals surface area contributed by atoms with Crippen LogP contribution in [0.3, 0.4) is 0 Å². The Labute approximate surface area is 95.6 Å². The smallest absolute Gasteiger partial charge is 0.139 e. The average Bonchev–Trinajstić information content (AvgIpc) is 2.95. The van der Waals surface area contributed by atoms with Crippen molar-refractivity contribution in [1.82, 2.24) is 0 Å². The van der Waals surface area contributed by atoms with Gasteiger partial charge in [-0.3, -0.25) is 0 Å². The zero-order valence-electron chi connectivity index (χ0n) is 8.06. The molecule has 3 nitrogen and oxygen atoms in total. The minimum absolute atomic E-state index is 0.0458.